The average molecular weight is 542 g/mol. The minimum Gasteiger partial charge on any atom is -0.496 e. The Hall–Kier alpha value is -5.68. The van der Waals surface area contributed by atoms with Gasteiger partial charge >= 0.3 is 0 Å². The van der Waals surface area contributed by atoms with E-state index in [-0.39, 0.29) is 17.2 Å². The highest BCUT2D eigenvalue weighted by Gasteiger charge is 2.13. The molecule has 1 aromatic heterocycles. The lowest BCUT2D eigenvalue weighted by atomic mass is 10.0. The summed E-state index contributed by atoms with van der Waals surface area (Å²) in [6.45, 7) is 0.301. The van der Waals surface area contributed by atoms with Crippen molar-refractivity contribution < 1.29 is 9.47 Å². The number of nitrogens with zero attached hydrogens (tertiary/aromatic N) is 3. The van der Waals surface area contributed by atoms with Crippen LogP contribution >= 0.6 is 0 Å². The number of benzene rings is 4. The number of rotatable bonds is 10. The summed E-state index contributed by atoms with van der Waals surface area (Å²) in [6.07, 6.45) is 2.37. The minimum absolute atomic E-state index is 0.0594. The Morgan fingerprint density at radius 1 is 0.927 bits per heavy atom. The Morgan fingerprint density at radius 2 is 1.66 bits per heavy atom. The van der Waals surface area contributed by atoms with E-state index in [1.165, 1.54) is 5.56 Å². The highest BCUT2D eigenvalue weighted by atomic mass is 16.5. The van der Waals surface area contributed by atoms with Gasteiger partial charge in [-0.3, -0.25) is 9.78 Å². The van der Waals surface area contributed by atoms with Crippen LogP contribution in [-0.4, -0.2) is 23.3 Å². The molecule has 5 rings (SSSR count). The first-order valence-corrected chi connectivity index (χ1v) is 12.9. The van der Waals surface area contributed by atoms with Gasteiger partial charge in [-0.2, -0.15) is 10.4 Å². The molecule has 0 unspecified atom stereocenters. The molecule has 0 spiro atoms. The summed E-state index contributed by atoms with van der Waals surface area (Å²) < 4.78 is 11.8. The van der Waals surface area contributed by atoms with Crippen molar-refractivity contribution in [1.29, 1.82) is 5.26 Å². The Bertz CT molecular complexity index is 1760. The minimum atomic E-state index is -0.546. The summed E-state index contributed by atoms with van der Waals surface area (Å²) in [5, 5.41) is 13.7. The molecule has 0 aliphatic heterocycles. The van der Waals surface area contributed by atoms with Gasteiger partial charge < -0.3 is 9.47 Å². The maximum Gasteiger partial charge on any atom is 0.270 e. The first-order chi connectivity index (χ1) is 20.1. The highest BCUT2D eigenvalue weighted by Crippen LogP contribution is 2.26. The van der Waals surface area contributed by atoms with Gasteiger partial charge in [0.15, 0.2) is 0 Å². The highest BCUT2D eigenvalue weighted by molar-refractivity contribution is 5.81. The molecule has 0 saturated heterocycles. The topological polar surface area (TPSA) is 112 Å². The fourth-order valence-corrected chi connectivity index (χ4v) is 4.36. The van der Waals surface area contributed by atoms with Crippen LogP contribution in [0.3, 0.4) is 0 Å². The van der Waals surface area contributed by atoms with Crippen LogP contribution in [0.2, 0.25) is 0 Å². The number of aromatic nitrogens is 2. The smallest absolute Gasteiger partial charge is 0.270 e. The molecule has 41 heavy (non-hydrogen) atoms. The van der Waals surface area contributed by atoms with Gasteiger partial charge in [-0.1, -0.05) is 78.9 Å². The van der Waals surface area contributed by atoms with Crippen LogP contribution in [0.15, 0.2) is 113 Å². The monoisotopic (exact) mass is 541 g/mol. The fourth-order valence-electron chi connectivity index (χ4n) is 4.36. The third-order valence-electron chi connectivity index (χ3n) is 6.36. The zero-order valence-electron chi connectivity index (χ0n) is 22.4. The molecule has 1 heterocycles. The van der Waals surface area contributed by atoms with Gasteiger partial charge in [-0.25, -0.2) is 10.4 Å². The molecule has 0 amide bonds. The molecule has 0 saturated carbocycles. The molecular weight excluding hydrogens is 514 g/mol. The van der Waals surface area contributed by atoms with E-state index in [1.807, 2.05) is 78.9 Å². The van der Waals surface area contributed by atoms with Crippen LogP contribution in [0.4, 0.5) is 5.95 Å². The van der Waals surface area contributed by atoms with Crippen LogP contribution in [0.5, 0.6) is 11.5 Å². The van der Waals surface area contributed by atoms with E-state index >= 15 is 0 Å². The summed E-state index contributed by atoms with van der Waals surface area (Å²) in [5.41, 5.74) is 7.04. The molecule has 8 heteroatoms. The van der Waals surface area contributed by atoms with Crippen molar-refractivity contribution >= 4 is 12.2 Å². The quantitative estimate of drug-likeness (QED) is 0.167. The normalized spacial score (nSPS) is 10.7. The van der Waals surface area contributed by atoms with Crippen molar-refractivity contribution in [3.8, 4) is 28.8 Å². The molecule has 8 nitrogen and oxygen atoms in total. The van der Waals surface area contributed by atoms with Crippen LogP contribution in [0, 0.1) is 11.3 Å². The first kappa shape index (κ1) is 26.9. The zero-order chi connectivity index (χ0) is 28.4. The number of nitrogens with one attached hydrogen (secondary N) is 2. The lowest BCUT2D eigenvalue weighted by Gasteiger charge is -2.14. The fraction of sp³-hybridized carbons (Fsp3) is 0.0909. The SMILES string of the molecule is COc1ccc(C=NNc2nc(-c3ccccc3)c(C#N)c(=O)[nH]2)cc1COc1ccccc1Cc1ccccc1. The molecule has 0 bridgehead atoms. The summed E-state index contributed by atoms with van der Waals surface area (Å²) in [5.74, 6) is 1.63. The Balaban J connectivity index is 1.32. The maximum absolute atomic E-state index is 12.5. The number of anilines is 1. The Kier molecular flexibility index (Phi) is 8.48. The van der Waals surface area contributed by atoms with Gasteiger partial charge in [0.05, 0.1) is 19.0 Å². The van der Waals surface area contributed by atoms with E-state index in [0.717, 1.165) is 28.9 Å². The van der Waals surface area contributed by atoms with Gasteiger partial charge in [-0.15, -0.1) is 0 Å². The molecule has 0 radical (unpaired) electrons. The molecule has 5 aromatic rings. The molecule has 202 valence electrons. The summed E-state index contributed by atoms with van der Waals surface area (Å²) in [7, 11) is 1.62. The molecule has 4 aromatic carbocycles. The number of aromatic amines is 1. The zero-order valence-corrected chi connectivity index (χ0v) is 22.4. The number of H-pyrrole nitrogens is 1. The number of nitriles is 1. The van der Waals surface area contributed by atoms with Crippen LogP contribution < -0.4 is 20.5 Å². The van der Waals surface area contributed by atoms with Crippen molar-refractivity contribution in [2.45, 2.75) is 13.0 Å². The van der Waals surface area contributed by atoms with E-state index < -0.39 is 5.56 Å². The van der Waals surface area contributed by atoms with Crippen molar-refractivity contribution in [3.63, 3.8) is 0 Å². The van der Waals surface area contributed by atoms with Gasteiger partial charge in [0.25, 0.3) is 5.56 Å². The predicted molar refractivity (Wildman–Crippen MR) is 159 cm³/mol. The van der Waals surface area contributed by atoms with Crippen molar-refractivity contribution in [1.82, 2.24) is 9.97 Å². The standard InChI is InChI=1S/C33H27N5O3/c1-40-29-17-16-24(19-27(29)22-41-30-15-9-8-14-26(30)18-23-10-4-2-5-11-23)21-35-38-33-36-31(25-12-6-3-7-13-25)28(20-34)32(39)37-33/h2-17,19,21H,18,22H2,1H3,(H2,36,37,38,39). The second kappa shape index (κ2) is 12.9. The van der Waals surface area contributed by atoms with Crippen molar-refractivity contribution in [3.05, 3.63) is 141 Å². The van der Waals surface area contributed by atoms with E-state index in [4.69, 9.17) is 9.47 Å². The van der Waals surface area contributed by atoms with Crippen LogP contribution in [0.1, 0.15) is 27.8 Å². The van der Waals surface area contributed by atoms with Gasteiger partial charge in [0, 0.05) is 17.5 Å². The second-order valence-corrected chi connectivity index (χ2v) is 9.12. The third-order valence-corrected chi connectivity index (χ3v) is 6.36. The number of hydrogen-bond donors (Lipinski definition) is 2. The predicted octanol–water partition coefficient (Wildman–Crippen LogP) is 5.93. The number of hydrogen-bond acceptors (Lipinski definition) is 7. The largest absolute Gasteiger partial charge is 0.496 e. The second-order valence-electron chi connectivity index (χ2n) is 9.12. The summed E-state index contributed by atoms with van der Waals surface area (Å²) in [6, 6.07) is 34.9. The molecule has 0 fully saturated rings. The lowest BCUT2D eigenvalue weighted by molar-refractivity contribution is 0.294. The molecule has 0 aliphatic rings. The van der Waals surface area contributed by atoms with Crippen LogP contribution in [0.25, 0.3) is 11.3 Å². The van der Waals surface area contributed by atoms with E-state index in [0.29, 0.717) is 17.9 Å². The van der Waals surface area contributed by atoms with E-state index in [1.54, 1.807) is 25.5 Å². The molecule has 0 atom stereocenters. The third kappa shape index (κ3) is 6.67. The number of hydrazone groups is 1. The van der Waals surface area contributed by atoms with Crippen molar-refractivity contribution in [2.75, 3.05) is 12.5 Å². The molecular formula is C33H27N5O3. The Labute approximate surface area is 237 Å². The number of para-hydroxylation sites is 1. The maximum atomic E-state index is 12.5. The number of methoxy groups -OCH3 is 1. The van der Waals surface area contributed by atoms with E-state index in [9.17, 15) is 10.1 Å². The van der Waals surface area contributed by atoms with Gasteiger partial charge in [0.2, 0.25) is 5.95 Å². The summed E-state index contributed by atoms with van der Waals surface area (Å²) >= 11 is 0. The summed E-state index contributed by atoms with van der Waals surface area (Å²) in [4.78, 5) is 19.5. The lowest BCUT2D eigenvalue weighted by Crippen LogP contribution is -2.16. The first-order valence-electron chi connectivity index (χ1n) is 12.9. The average Bonchev–Trinajstić information content (AvgIpc) is 3.01. The van der Waals surface area contributed by atoms with Gasteiger partial charge in [0.1, 0.15) is 29.7 Å². The molecule has 2 N–H and O–H groups in total. The molecule has 0 aliphatic carbocycles. The number of ether oxygens (including phenoxy) is 2. The van der Waals surface area contributed by atoms with E-state index in [2.05, 4.69) is 38.7 Å². The van der Waals surface area contributed by atoms with Crippen molar-refractivity contribution in [2.24, 2.45) is 5.10 Å². The van der Waals surface area contributed by atoms with Crippen LogP contribution in [-0.2, 0) is 13.0 Å². The Morgan fingerprint density at radius 3 is 2.41 bits per heavy atom. The van der Waals surface area contributed by atoms with Gasteiger partial charge in [-0.05, 0) is 41.0 Å².